The van der Waals surface area contributed by atoms with Crippen molar-refractivity contribution in [2.75, 3.05) is 24.2 Å². The molecule has 4 rings (SSSR count). The van der Waals surface area contributed by atoms with Gasteiger partial charge < -0.3 is 10.2 Å². The van der Waals surface area contributed by atoms with Crippen LogP contribution in [-0.2, 0) is 4.79 Å². The van der Waals surface area contributed by atoms with E-state index in [-0.39, 0.29) is 17.7 Å². The first-order valence-electron chi connectivity index (χ1n) is 7.80. The van der Waals surface area contributed by atoms with E-state index >= 15 is 0 Å². The van der Waals surface area contributed by atoms with Crippen molar-refractivity contribution in [1.29, 1.82) is 0 Å². The number of carbonyl (C=O) groups is 2. The van der Waals surface area contributed by atoms with Crippen LogP contribution in [0.3, 0.4) is 0 Å². The predicted octanol–water partition coefficient (Wildman–Crippen LogP) is 1.78. The second kappa shape index (κ2) is 6.23. The highest BCUT2D eigenvalue weighted by Crippen LogP contribution is 2.36. The molecule has 2 aliphatic rings. The van der Waals surface area contributed by atoms with E-state index in [0.717, 1.165) is 30.0 Å². The zero-order valence-corrected chi connectivity index (χ0v) is 13.7. The normalized spacial score (nSPS) is 17.3. The second-order valence-electron chi connectivity index (χ2n) is 5.84. The van der Waals surface area contributed by atoms with E-state index in [4.69, 9.17) is 0 Å². The molecule has 9 heteroatoms. The number of nitrogens with one attached hydrogen (secondary N) is 1. The molecular weight excluding hydrogens is 328 g/mol. The molecule has 1 aromatic carbocycles. The van der Waals surface area contributed by atoms with Crippen molar-refractivity contribution in [3.8, 4) is 11.4 Å². The molecule has 0 bridgehead atoms. The molecule has 0 spiro atoms. The fraction of sp³-hybridized carbons (Fsp3) is 0.400. The van der Waals surface area contributed by atoms with E-state index in [1.165, 1.54) is 11.8 Å². The first-order chi connectivity index (χ1) is 11.7. The largest absolute Gasteiger partial charge is 0.325 e. The maximum absolute atomic E-state index is 12.0. The van der Waals surface area contributed by atoms with Crippen molar-refractivity contribution < 1.29 is 9.59 Å². The van der Waals surface area contributed by atoms with Crippen molar-refractivity contribution in [3.63, 3.8) is 0 Å². The van der Waals surface area contributed by atoms with Crippen molar-refractivity contribution in [3.05, 3.63) is 24.3 Å². The van der Waals surface area contributed by atoms with Gasteiger partial charge in [0.25, 0.3) is 5.24 Å². The van der Waals surface area contributed by atoms with E-state index in [1.54, 1.807) is 4.90 Å². The third-order valence-corrected chi connectivity index (χ3v) is 4.88. The van der Waals surface area contributed by atoms with Gasteiger partial charge in [-0.15, -0.1) is 5.10 Å². The SMILES string of the molecule is O=C(CN1CCSC1=O)Nc1ccc(-c2nnnn2C2CC2)cc1. The van der Waals surface area contributed by atoms with Crippen LogP contribution in [0.2, 0.25) is 0 Å². The van der Waals surface area contributed by atoms with Crippen LogP contribution in [0, 0.1) is 0 Å². The van der Waals surface area contributed by atoms with Crippen molar-refractivity contribution in [1.82, 2.24) is 25.1 Å². The average molecular weight is 344 g/mol. The Morgan fingerprint density at radius 3 is 2.75 bits per heavy atom. The molecule has 1 saturated heterocycles. The molecule has 2 amide bonds. The van der Waals surface area contributed by atoms with E-state index in [0.29, 0.717) is 18.3 Å². The summed E-state index contributed by atoms with van der Waals surface area (Å²) in [6.45, 7) is 0.715. The number of hydrogen-bond acceptors (Lipinski definition) is 6. The Morgan fingerprint density at radius 1 is 1.29 bits per heavy atom. The third kappa shape index (κ3) is 3.12. The summed E-state index contributed by atoms with van der Waals surface area (Å²) in [7, 11) is 0. The summed E-state index contributed by atoms with van der Waals surface area (Å²) in [5, 5.41) is 14.6. The summed E-state index contributed by atoms with van der Waals surface area (Å²) >= 11 is 1.25. The van der Waals surface area contributed by atoms with Gasteiger partial charge in [-0.05, 0) is 47.5 Å². The molecule has 8 nitrogen and oxygen atoms in total. The number of rotatable bonds is 5. The molecule has 0 atom stereocenters. The fourth-order valence-corrected chi connectivity index (χ4v) is 3.42. The smallest absolute Gasteiger partial charge is 0.282 e. The Bertz CT molecular complexity index is 771. The molecule has 1 saturated carbocycles. The minimum Gasteiger partial charge on any atom is -0.325 e. The number of thioether (sulfide) groups is 1. The standard InChI is InChI=1S/C15H16N6O2S/c22-13(9-20-7-8-24-15(20)23)16-11-3-1-10(2-4-11)14-17-18-19-21(14)12-5-6-12/h1-4,12H,5-9H2,(H,16,22). The van der Waals surface area contributed by atoms with Crippen LogP contribution >= 0.6 is 11.8 Å². The monoisotopic (exact) mass is 344 g/mol. The van der Waals surface area contributed by atoms with Gasteiger partial charge in [0.2, 0.25) is 5.91 Å². The molecule has 124 valence electrons. The van der Waals surface area contributed by atoms with E-state index in [2.05, 4.69) is 20.8 Å². The highest BCUT2D eigenvalue weighted by molar-refractivity contribution is 8.13. The second-order valence-corrected chi connectivity index (χ2v) is 6.89. The molecule has 2 heterocycles. The summed E-state index contributed by atoms with van der Waals surface area (Å²) in [5.41, 5.74) is 1.60. The number of tetrazole rings is 1. The number of hydrogen-bond donors (Lipinski definition) is 1. The van der Waals surface area contributed by atoms with Gasteiger partial charge in [-0.2, -0.15) is 0 Å². The third-order valence-electron chi connectivity index (χ3n) is 3.99. The molecular formula is C15H16N6O2S. The topological polar surface area (TPSA) is 93.0 Å². The molecule has 1 aliphatic carbocycles. The molecule has 2 aromatic rings. The van der Waals surface area contributed by atoms with Crippen LogP contribution in [0.25, 0.3) is 11.4 Å². The number of nitrogens with zero attached hydrogens (tertiary/aromatic N) is 5. The van der Waals surface area contributed by atoms with Crippen LogP contribution in [0.15, 0.2) is 24.3 Å². The molecule has 0 radical (unpaired) electrons. The van der Waals surface area contributed by atoms with E-state index < -0.39 is 0 Å². The Morgan fingerprint density at radius 2 is 2.08 bits per heavy atom. The predicted molar refractivity (Wildman–Crippen MR) is 89.6 cm³/mol. The van der Waals surface area contributed by atoms with Crippen LogP contribution < -0.4 is 5.32 Å². The average Bonchev–Trinajstić information content (AvgIpc) is 3.17. The first-order valence-corrected chi connectivity index (χ1v) is 8.79. The number of aromatic nitrogens is 4. The molecule has 0 unspecified atom stereocenters. The zero-order chi connectivity index (χ0) is 16.5. The van der Waals surface area contributed by atoms with Crippen LogP contribution in [0.4, 0.5) is 10.5 Å². The van der Waals surface area contributed by atoms with E-state index in [9.17, 15) is 9.59 Å². The molecule has 1 aromatic heterocycles. The maximum atomic E-state index is 12.0. The Balaban J connectivity index is 1.41. The molecule has 2 fully saturated rings. The zero-order valence-electron chi connectivity index (χ0n) is 12.9. The highest BCUT2D eigenvalue weighted by Gasteiger charge is 2.28. The fourth-order valence-electron chi connectivity index (χ4n) is 2.59. The number of anilines is 1. The molecule has 1 N–H and O–H groups in total. The lowest BCUT2D eigenvalue weighted by Crippen LogP contribution is -2.33. The molecule has 1 aliphatic heterocycles. The summed E-state index contributed by atoms with van der Waals surface area (Å²) < 4.78 is 1.85. The highest BCUT2D eigenvalue weighted by atomic mass is 32.2. The van der Waals surface area contributed by atoms with Crippen LogP contribution in [0.1, 0.15) is 18.9 Å². The quantitative estimate of drug-likeness (QED) is 0.889. The maximum Gasteiger partial charge on any atom is 0.282 e. The van der Waals surface area contributed by atoms with Gasteiger partial charge in [0.05, 0.1) is 6.04 Å². The Hall–Kier alpha value is -2.42. The van der Waals surface area contributed by atoms with Gasteiger partial charge in [-0.25, -0.2) is 4.68 Å². The van der Waals surface area contributed by atoms with Crippen LogP contribution in [-0.4, -0.2) is 55.1 Å². The van der Waals surface area contributed by atoms with Crippen LogP contribution in [0.5, 0.6) is 0 Å². The van der Waals surface area contributed by atoms with Gasteiger partial charge in [0.1, 0.15) is 6.54 Å². The summed E-state index contributed by atoms with van der Waals surface area (Å²) in [5.74, 6) is 1.30. The minimum absolute atomic E-state index is 0.0348. The Kier molecular flexibility index (Phi) is 3.93. The summed E-state index contributed by atoms with van der Waals surface area (Å²) in [4.78, 5) is 25.1. The van der Waals surface area contributed by atoms with Gasteiger partial charge in [0.15, 0.2) is 5.82 Å². The van der Waals surface area contributed by atoms with Gasteiger partial charge >= 0.3 is 0 Å². The van der Waals surface area contributed by atoms with Crippen molar-refractivity contribution in [2.45, 2.75) is 18.9 Å². The minimum atomic E-state index is -0.193. The van der Waals surface area contributed by atoms with E-state index in [1.807, 2.05) is 28.9 Å². The van der Waals surface area contributed by atoms with Crippen molar-refractivity contribution in [2.24, 2.45) is 0 Å². The van der Waals surface area contributed by atoms with Gasteiger partial charge in [-0.1, -0.05) is 11.8 Å². The summed E-state index contributed by atoms with van der Waals surface area (Å²) in [6.07, 6.45) is 2.22. The van der Waals surface area contributed by atoms with Gasteiger partial charge in [0, 0.05) is 23.5 Å². The van der Waals surface area contributed by atoms with Crippen molar-refractivity contribution >= 4 is 28.6 Å². The summed E-state index contributed by atoms with van der Waals surface area (Å²) in [6, 6.07) is 7.82. The Labute approximate surface area is 142 Å². The van der Waals surface area contributed by atoms with Gasteiger partial charge in [-0.3, -0.25) is 9.59 Å². The lowest BCUT2D eigenvalue weighted by molar-refractivity contribution is -0.116. The first kappa shape index (κ1) is 15.1. The number of amides is 2. The lowest BCUT2D eigenvalue weighted by atomic mass is 10.2. The lowest BCUT2D eigenvalue weighted by Gasteiger charge is -2.14. The number of benzene rings is 1. The number of carbonyl (C=O) groups excluding carboxylic acids is 2. The molecule has 24 heavy (non-hydrogen) atoms.